The predicted molar refractivity (Wildman–Crippen MR) is 88.8 cm³/mol. The Morgan fingerprint density at radius 2 is 1.79 bits per heavy atom. The van der Waals surface area contributed by atoms with E-state index >= 15 is 0 Å². The van der Waals surface area contributed by atoms with Gasteiger partial charge in [0.1, 0.15) is 6.10 Å². The standard InChI is InChI=1S/C18H21NO5/c1-5-14(12-7-6-8-19-11-12)24-18(20)13-9-15(21-2)17(23-4)16(10-13)22-3/h6-11,14H,5H2,1-4H3. The van der Waals surface area contributed by atoms with Crippen molar-refractivity contribution in [3.63, 3.8) is 0 Å². The SMILES string of the molecule is CCC(OC(=O)c1cc(OC)c(OC)c(OC)c1)c1cccnc1. The Bertz CT molecular complexity index is 662. The topological polar surface area (TPSA) is 66.9 Å². The molecule has 1 atom stereocenters. The number of rotatable bonds is 7. The first kappa shape index (κ1) is 17.6. The largest absolute Gasteiger partial charge is 0.493 e. The lowest BCUT2D eigenvalue weighted by molar-refractivity contribution is 0.0286. The van der Waals surface area contributed by atoms with Gasteiger partial charge in [0.25, 0.3) is 0 Å². The number of benzene rings is 1. The molecule has 1 aromatic heterocycles. The summed E-state index contributed by atoms with van der Waals surface area (Å²) in [5, 5.41) is 0. The summed E-state index contributed by atoms with van der Waals surface area (Å²) in [5.74, 6) is 0.761. The highest BCUT2D eigenvalue weighted by molar-refractivity contribution is 5.91. The molecule has 0 aliphatic carbocycles. The molecule has 128 valence electrons. The molecule has 0 fully saturated rings. The Morgan fingerprint density at radius 3 is 2.25 bits per heavy atom. The summed E-state index contributed by atoms with van der Waals surface area (Å²) in [5.41, 5.74) is 1.17. The number of esters is 1. The van der Waals surface area contributed by atoms with Crippen molar-refractivity contribution in [2.45, 2.75) is 19.4 Å². The third kappa shape index (κ3) is 3.76. The molecule has 24 heavy (non-hydrogen) atoms. The van der Waals surface area contributed by atoms with E-state index in [1.807, 2.05) is 19.1 Å². The molecule has 2 aromatic rings. The minimum absolute atomic E-state index is 0.326. The van der Waals surface area contributed by atoms with Gasteiger partial charge in [-0.2, -0.15) is 0 Å². The molecule has 1 heterocycles. The molecule has 1 unspecified atom stereocenters. The van der Waals surface area contributed by atoms with Crippen LogP contribution in [0.15, 0.2) is 36.7 Å². The molecule has 6 nitrogen and oxygen atoms in total. The Labute approximate surface area is 141 Å². The van der Waals surface area contributed by atoms with Gasteiger partial charge in [0.05, 0.1) is 26.9 Å². The number of hydrogen-bond donors (Lipinski definition) is 0. The molecule has 0 aliphatic heterocycles. The fourth-order valence-electron chi connectivity index (χ4n) is 2.35. The van der Waals surface area contributed by atoms with Gasteiger partial charge in [-0.3, -0.25) is 4.98 Å². The lowest BCUT2D eigenvalue weighted by Gasteiger charge is -2.18. The molecular weight excluding hydrogens is 310 g/mol. The number of methoxy groups -OCH3 is 3. The van der Waals surface area contributed by atoms with Gasteiger partial charge in [-0.05, 0) is 24.6 Å². The van der Waals surface area contributed by atoms with Gasteiger partial charge in [-0.25, -0.2) is 4.79 Å². The molecule has 0 N–H and O–H groups in total. The Hall–Kier alpha value is -2.76. The molecule has 6 heteroatoms. The van der Waals surface area contributed by atoms with Crippen LogP contribution in [0.1, 0.15) is 35.4 Å². The lowest BCUT2D eigenvalue weighted by Crippen LogP contribution is -2.12. The van der Waals surface area contributed by atoms with E-state index in [9.17, 15) is 4.79 Å². The van der Waals surface area contributed by atoms with Crippen molar-refractivity contribution < 1.29 is 23.7 Å². The zero-order valence-corrected chi connectivity index (χ0v) is 14.2. The number of pyridine rings is 1. The highest BCUT2D eigenvalue weighted by atomic mass is 16.5. The number of nitrogens with zero attached hydrogens (tertiary/aromatic N) is 1. The summed E-state index contributed by atoms with van der Waals surface area (Å²) < 4.78 is 21.4. The molecule has 0 saturated carbocycles. The number of aromatic nitrogens is 1. The van der Waals surface area contributed by atoms with Crippen LogP contribution in [-0.2, 0) is 4.74 Å². The average Bonchev–Trinajstić information content (AvgIpc) is 2.65. The van der Waals surface area contributed by atoms with Crippen LogP contribution >= 0.6 is 0 Å². The van der Waals surface area contributed by atoms with E-state index in [1.54, 1.807) is 24.5 Å². The van der Waals surface area contributed by atoms with Gasteiger partial charge in [-0.1, -0.05) is 13.0 Å². The van der Waals surface area contributed by atoms with Gasteiger partial charge in [0, 0.05) is 18.0 Å². The number of carbonyl (C=O) groups is 1. The predicted octanol–water partition coefficient (Wildman–Crippen LogP) is 3.42. The van der Waals surface area contributed by atoms with E-state index in [2.05, 4.69) is 4.98 Å². The van der Waals surface area contributed by atoms with Crippen LogP contribution in [0.25, 0.3) is 0 Å². The fourth-order valence-corrected chi connectivity index (χ4v) is 2.35. The van der Waals surface area contributed by atoms with E-state index in [0.29, 0.717) is 29.2 Å². The van der Waals surface area contributed by atoms with Crippen LogP contribution in [0.3, 0.4) is 0 Å². The summed E-state index contributed by atoms with van der Waals surface area (Å²) >= 11 is 0. The number of carbonyl (C=O) groups excluding carboxylic acids is 1. The first-order valence-corrected chi connectivity index (χ1v) is 7.55. The second-order valence-electron chi connectivity index (χ2n) is 5.00. The summed E-state index contributed by atoms with van der Waals surface area (Å²) in [6, 6.07) is 6.83. The molecule has 0 saturated heterocycles. The molecular formula is C18H21NO5. The van der Waals surface area contributed by atoms with Crippen molar-refractivity contribution in [2.24, 2.45) is 0 Å². The van der Waals surface area contributed by atoms with Crippen LogP contribution in [0, 0.1) is 0 Å². The molecule has 1 aromatic carbocycles. The molecule has 0 amide bonds. The van der Waals surface area contributed by atoms with Crippen molar-refractivity contribution in [1.82, 2.24) is 4.98 Å². The minimum Gasteiger partial charge on any atom is -0.493 e. The van der Waals surface area contributed by atoms with Crippen molar-refractivity contribution >= 4 is 5.97 Å². The third-order valence-electron chi connectivity index (χ3n) is 3.58. The fraction of sp³-hybridized carbons (Fsp3) is 0.333. The van der Waals surface area contributed by atoms with Gasteiger partial charge >= 0.3 is 5.97 Å². The maximum atomic E-state index is 12.5. The van der Waals surface area contributed by atoms with E-state index in [0.717, 1.165) is 5.56 Å². The van der Waals surface area contributed by atoms with Crippen molar-refractivity contribution in [2.75, 3.05) is 21.3 Å². The third-order valence-corrected chi connectivity index (χ3v) is 3.58. The van der Waals surface area contributed by atoms with Gasteiger partial charge < -0.3 is 18.9 Å². The number of ether oxygens (including phenoxy) is 4. The first-order valence-electron chi connectivity index (χ1n) is 7.55. The second-order valence-corrected chi connectivity index (χ2v) is 5.00. The zero-order valence-electron chi connectivity index (χ0n) is 14.2. The lowest BCUT2D eigenvalue weighted by atomic mass is 10.1. The molecule has 2 rings (SSSR count). The molecule has 0 radical (unpaired) electrons. The van der Waals surface area contributed by atoms with E-state index in [-0.39, 0.29) is 6.10 Å². The van der Waals surface area contributed by atoms with Gasteiger partial charge in [0.15, 0.2) is 11.5 Å². The van der Waals surface area contributed by atoms with Crippen LogP contribution in [-0.4, -0.2) is 32.3 Å². The molecule has 0 aliphatic rings. The van der Waals surface area contributed by atoms with Gasteiger partial charge in [0.2, 0.25) is 5.75 Å². The van der Waals surface area contributed by atoms with E-state index in [4.69, 9.17) is 18.9 Å². The van der Waals surface area contributed by atoms with Crippen LogP contribution < -0.4 is 14.2 Å². The van der Waals surface area contributed by atoms with Crippen LogP contribution in [0.5, 0.6) is 17.2 Å². The highest BCUT2D eigenvalue weighted by Crippen LogP contribution is 2.38. The summed E-state index contributed by atoms with van der Waals surface area (Å²) in [7, 11) is 4.50. The van der Waals surface area contributed by atoms with Crippen molar-refractivity contribution in [3.05, 3.63) is 47.8 Å². The van der Waals surface area contributed by atoms with Crippen LogP contribution in [0.4, 0.5) is 0 Å². The Balaban J connectivity index is 2.29. The van der Waals surface area contributed by atoms with Gasteiger partial charge in [-0.15, -0.1) is 0 Å². The van der Waals surface area contributed by atoms with E-state index in [1.165, 1.54) is 21.3 Å². The number of hydrogen-bond acceptors (Lipinski definition) is 6. The molecule has 0 bridgehead atoms. The zero-order chi connectivity index (χ0) is 17.5. The monoisotopic (exact) mass is 331 g/mol. The highest BCUT2D eigenvalue weighted by Gasteiger charge is 2.21. The van der Waals surface area contributed by atoms with Crippen molar-refractivity contribution in [1.29, 1.82) is 0 Å². The minimum atomic E-state index is -0.468. The van der Waals surface area contributed by atoms with Crippen LogP contribution in [0.2, 0.25) is 0 Å². The maximum Gasteiger partial charge on any atom is 0.339 e. The average molecular weight is 331 g/mol. The second kappa shape index (κ2) is 8.19. The molecule has 0 spiro atoms. The summed E-state index contributed by atoms with van der Waals surface area (Å²) in [6.07, 6.45) is 3.64. The summed E-state index contributed by atoms with van der Waals surface area (Å²) in [4.78, 5) is 16.6. The maximum absolute atomic E-state index is 12.5. The normalized spacial score (nSPS) is 11.5. The van der Waals surface area contributed by atoms with E-state index < -0.39 is 5.97 Å². The Morgan fingerprint density at radius 1 is 1.12 bits per heavy atom. The Kier molecular flexibility index (Phi) is 6.01. The first-order chi connectivity index (χ1) is 11.6. The quantitative estimate of drug-likeness (QED) is 0.724. The smallest absolute Gasteiger partial charge is 0.339 e. The van der Waals surface area contributed by atoms with Crippen molar-refractivity contribution in [3.8, 4) is 17.2 Å². The summed E-state index contributed by atoms with van der Waals surface area (Å²) in [6.45, 7) is 1.94.